The summed E-state index contributed by atoms with van der Waals surface area (Å²) >= 11 is 6.02. The predicted molar refractivity (Wildman–Crippen MR) is 131 cm³/mol. The molecule has 0 spiro atoms. The molecule has 1 aromatic carbocycles. The molecule has 4 rings (SSSR count). The SMILES string of the molecule is CC.CC/C(=N\OCC(F)(F)F)c1nnc2c(-c3ccncc3)c(-c3ccc(Cl)cc3)cnn2c1=O. The zero-order valence-electron chi connectivity index (χ0n) is 19.6. The Morgan fingerprint density at radius 2 is 1.72 bits per heavy atom. The Kier molecular flexibility index (Phi) is 8.70. The van der Waals surface area contributed by atoms with Gasteiger partial charge in [0.2, 0.25) is 6.61 Å². The van der Waals surface area contributed by atoms with E-state index in [1.165, 1.54) is 6.20 Å². The Morgan fingerprint density at radius 1 is 1.06 bits per heavy atom. The second kappa shape index (κ2) is 11.7. The molecule has 0 aliphatic rings. The molecule has 0 amide bonds. The van der Waals surface area contributed by atoms with Crippen molar-refractivity contribution in [2.24, 2.45) is 5.16 Å². The zero-order valence-corrected chi connectivity index (χ0v) is 20.4. The summed E-state index contributed by atoms with van der Waals surface area (Å²) in [6.07, 6.45) is 0.219. The van der Waals surface area contributed by atoms with Crippen LogP contribution in [0.25, 0.3) is 27.9 Å². The highest BCUT2D eigenvalue weighted by Gasteiger charge is 2.29. The van der Waals surface area contributed by atoms with Gasteiger partial charge in [-0.1, -0.05) is 49.7 Å². The average Bonchev–Trinajstić information content (AvgIpc) is 2.88. The Morgan fingerprint density at radius 3 is 2.33 bits per heavy atom. The summed E-state index contributed by atoms with van der Waals surface area (Å²) in [6, 6.07) is 10.6. The Bertz CT molecular complexity index is 1410. The topological polar surface area (TPSA) is 94.6 Å². The van der Waals surface area contributed by atoms with Gasteiger partial charge in [-0.15, -0.1) is 10.2 Å². The molecule has 188 valence electrons. The van der Waals surface area contributed by atoms with Gasteiger partial charge in [0.15, 0.2) is 11.3 Å². The molecule has 4 aromatic rings. The van der Waals surface area contributed by atoms with E-state index in [1.54, 1.807) is 55.7 Å². The quantitative estimate of drug-likeness (QED) is 0.244. The van der Waals surface area contributed by atoms with Gasteiger partial charge in [-0.3, -0.25) is 9.78 Å². The molecule has 0 saturated carbocycles. The van der Waals surface area contributed by atoms with Gasteiger partial charge in [0.05, 0.1) is 6.20 Å². The number of hydrogen-bond acceptors (Lipinski definition) is 7. The van der Waals surface area contributed by atoms with Crippen LogP contribution in [-0.2, 0) is 4.84 Å². The molecule has 8 nitrogen and oxygen atoms in total. The molecule has 3 heterocycles. The molecule has 0 bridgehead atoms. The van der Waals surface area contributed by atoms with Gasteiger partial charge in [-0.2, -0.15) is 22.8 Å². The Hall–Kier alpha value is -3.86. The average molecular weight is 519 g/mol. The van der Waals surface area contributed by atoms with Gasteiger partial charge in [-0.25, -0.2) is 0 Å². The van der Waals surface area contributed by atoms with E-state index in [9.17, 15) is 18.0 Å². The largest absolute Gasteiger partial charge is 0.425 e. The second-order valence-corrected chi connectivity index (χ2v) is 7.48. The number of alkyl halides is 3. The smallest absolute Gasteiger partial charge is 0.386 e. The van der Waals surface area contributed by atoms with Gasteiger partial charge < -0.3 is 4.84 Å². The standard InChI is InChI=1S/C22H16ClF3N6O2.C2H6/c1-2-17(31-34-12-22(24,25)26)19-21(33)32-20(30-29-19)18(14-7-9-27-10-8-14)16(11-28-32)13-3-5-15(23)6-4-13;1-2/h3-11H,2,12H2,1H3;1-2H3/b31-17+;. The summed E-state index contributed by atoms with van der Waals surface area (Å²) < 4.78 is 38.2. The van der Waals surface area contributed by atoms with Crippen LogP contribution < -0.4 is 5.56 Å². The molecule has 0 radical (unpaired) electrons. The van der Waals surface area contributed by atoms with Crippen LogP contribution >= 0.6 is 11.6 Å². The highest BCUT2D eigenvalue weighted by molar-refractivity contribution is 6.30. The van der Waals surface area contributed by atoms with Crippen LogP contribution in [0.2, 0.25) is 5.02 Å². The monoisotopic (exact) mass is 518 g/mol. The third-order valence-electron chi connectivity index (χ3n) is 4.77. The molecule has 0 N–H and O–H groups in total. The van der Waals surface area contributed by atoms with Crippen molar-refractivity contribution in [1.29, 1.82) is 0 Å². The van der Waals surface area contributed by atoms with Crippen molar-refractivity contribution in [3.63, 3.8) is 0 Å². The van der Waals surface area contributed by atoms with E-state index in [-0.39, 0.29) is 23.5 Å². The summed E-state index contributed by atoms with van der Waals surface area (Å²) in [5.74, 6) is 0. The maximum atomic E-state index is 13.2. The normalized spacial score (nSPS) is 11.7. The first-order chi connectivity index (χ1) is 17.3. The molecule has 36 heavy (non-hydrogen) atoms. The van der Waals surface area contributed by atoms with Crippen molar-refractivity contribution in [2.45, 2.75) is 33.4 Å². The molecular weight excluding hydrogens is 497 g/mol. The third kappa shape index (κ3) is 6.03. The lowest BCUT2D eigenvalue weighted by Crippen LogP contribution is -2.28. The number of halogens is 4. The van der Waals surface area contributed by atoms with Crippen LogP contribution in [0.5, 0.6) is 0 Å². The van der Waals surface area contributed by atoms with Gasteiger partial charge >= 0.3 is 11.7 Å². The number of nitrogens with zero attached hydrogens (tertiary/aromatic N) is 6. The van der Waals surface area contributed by atoms with E-state index in [1.807, 2.05) is 13.8 Å². The molecule has 0 fully saturated rings. The van der Waals surface area contributed by atoms with Crippen LogP contribution in [0.3, 0.4) is 0 Å². The number of benzene rings is 1. The van der Waals surface area contributed by atoms with Gasteiger partial charge in [0.25, 0.3) is 0 Å². The van der Waals surface area contributed by atoms with Gasteiger partial charge in [-0.05, 0) is 41.8 Å². The first kappa shape index (κ1) is 26.7. The van der Waals surface area contributed by atoms with E-state index in [4.69, 9.17) is 11.6 Å². The summed E-state index contributed by atoms with van der Waals surface area (Å²) in [5, 5.41) is 16.4. The lowest BCUT2D eigenvalue weighted by Gasteiger charge is -2.13. The van der Waals surface area contributed by atoms with Gasteiger partial charge in [0.1, 0.15) is 5.71 Å². The molecule has 0 aliphatic heterocycles. The Labute approximate surface area is 209 Å². The van der Waals surface area contributed by atoms with E-state index in [2.05, 4.69) is 30.3 Å². The third-order valence-corrected chi connectivity index (χ3v) is 5.02. The van der Waals surface area contributed by atoms with Crippen LogP contribution in [0.4, 0.5) is 13.2 Å². The Balaban J connectivity index is 0.00000176. The zero-order chi connectivity index (χ0) is 26.3. The molecule has 12 heteroatoms. The van der Waals surface area contributed by atoms with E-state index >= 15 is 0 Å². The van der Waals surface area contributed by atoms with Crippen molar-refractivity contribution in [3.05, 3.63) is 76.1 Å². The van der Waals surface area contributed by atoms with Crippen LogP contribution in [0, 0.1) is 0 Å². The van der Waals surface area contributed by atoms with Crippen molar-refractivity contribution in [1.82, 2.24) is 24.8 Å². The lowest BCUT2D eigenvalue weighted by molar-refractivity contribution is -0.173. The minimum absolute atomic E-state index is 0.0785. The van der Waals surface area contributed by atoms with E-state index in [0.29, 0.717) is 21.7 Å². The fourth-order valence-corrected chi connectivity index (χ4v) is 3.36. The maximum absolute atomic E-state index is 13.2. The van der Waals surface area contributed by atoms with Gasteiger partial charge in [0, 0.05) is 28.5 Å². The van der Waals surface area contributed by atoms with Crippen molar-refractivity contribution in [2.75, 3.05) is 6.61 Å². The molecule has 0 aliphatic carbocycles. The van der Waals surface area contributed by atoms with Crippen LogP contribution in [0.15, 0.2) is 64.9 Å². The first-order valence-corrected chi connectivity index (χ1v) is 11.4. The summed E-state index contributed by atoms with van der Waals surface area (Å²) in [6.45, 7) is 4.01. The molecule has 3 aromatic heterocycles. The van der Waals surface area contributed by atoms with Crippen molar-refractivity contribution in [3.8, 4) is 22.3 Å². The van der Waals surface area contributed by atoms with E-state index in [0.717, 1.165) is 10.1 Å². The number of rotatable bonds is 6. The fraction of sp³-hybridized carbons (Fsp3) is 0.250. The number of aromatic nitrogens is 5. The minimum atomic E-state index is -4.56. The highest BCUT2D eigenvalue weighted by atomic mass is 35.5. The molecule has 0 atom stereocenters. The van der Waals surface area contributed by atoms with E-state index < -0.39 is 18.3 Å². The summed E-state index contributed by atoms with van der Waals surface area (Å²) in [5.41, 5.74) is 1.85. The van der Waals surface area contributed by atoms with Crippen LogP contribution in [0.1, 0.15) is 32.9 Å². The molecule has 0 saturated heterocycles. The highest BCUT2D eigenvalue weighted by Crippen LogP contribution is 2.33. The maximum Gasteiger partial charge on any atom is 0.425 e. The number of oxime groups is 1. The number of hydrogen-bond donors (Lipinski definition) is 0. The van der Waals surface area contributed by atoms with Crippen molar-refractivity contribution >= 4 is 23.0 Å². The fourth-order valence-electron chi connectivity index (χ4n) is 3.23. The minimum Gasteiger partial charge on any atom is -0.386 e. The molecule has 0 unspecified atom stereocenters. The number of fused-ring (bicyclic) bond motifs is 1. The first-order valence-electron chi connectivity index (χ1n) is 11.0. The number of pyridine rings is 1. The summed E-state index contributed by atoms with van der Waals surface area (Å²) in [4.78, 5) is 21.6. The van der Waals surface area contributed by atoms with Crippen molar-refractivity contribution < 1.29 is 18.0 Å². The summed E-state index contributed by atoms with van der Waals surface area (Å²) in [7, 11) is 0. The lowest BCUT2D eigenvalue weighted by atomic mass is 9.98. The predicted octanol–water partition coefficient (Wildman–Crippen LogP) is 5.59. The second-order valence-electron chi connectivity index (χ2n) is 7.05. The van der Waals surface area contributed by atoms with Crippen LogP contribution in [-0.4, -0.2) is 43.3 Å². The molecular formula is C24H22ClF3N6O2.